The van der Waals surface area contributed by atoms with E-state index in [2.05, 4.69) is 15.9 Å². The molecule has 0 aromatic heterocycles. The van der Waals surface area contributed by atoms with Crippen LogP contribution in [0.4, 0.5) is 0 Å². The molecule has 2 aromatic carbocycles. The Labute approximate surface area is 132 Å². The lowest BCUT2D eigenvalue weighted by Gasteiger charge is -2.16. The summed E-state index contributed by atoms with van der Waals surface area (Å²) in [7, 11) is 3.26. The Kier molecular flexibility index (Phi) is 4.95. The maximum atomic E-state index is 6.38. The summed E-state index contributed by atoms with van der Waals surface area (Å²) in [5.74, 6) is 1.42. The van der Waals surface area contributed by atoms with Crippen molar-refractivity contribution in [2.24, 2.45) is 0 Å². The molecule has 0 saturated carbocycles. The average molecular weight is 356 g/mol. The summed E-state index contributed by atoms with van der Waals surface area (Å²) in [6.07, 6.45) is 0. The molecule has 4 heteroatoms. The van der Waals surface area contributed by atoms with Crippen LogP contribution >= 0.6 is 27.5 Å². The zero-order valence-corrected chi connectivity index (χ0v) is 14.0. The van der Waals surface area contributed by atoms with Gasteiger partial charge in [-0.15, -0.1) is 0 Å². The molecule has 2 aromatic rings. The summed E-state index contributed by atoms with van der Waals surface area (Å²) >= 11 is 10.1. The third kappa shape index (κ3) is 2.94. The highest BCUT2D eigenvalue weighted by Crippen LogP contribution is 2.39. The van der Waals surface area contributed by atoms with E-state index in [0.717, 1.165) is 21.7 Å². The summed E-state index contributed by atoms with van der Waals surface area (Å²) in [5, 5.41) is 0.782. The summed E-state index contributed by atoms with van der Waals surface area (Å²) in [4.78, 5) is 0.00899. The molecule has 20 heavy (non-hydrogen) atoms. The number of rotatable bonds is 4. The lowest BCUT2D eigenvalue weighted by atomic mass is 10.0. The summed E-state index contributed by atoms with van der Waals surface area (Å²) in [5.41, 5.74) is 3.17. The second-order valence-electron chi connectivity index (χ2n) is 4.46. The number of methoxy groups -OCH3 is 2. The van der Waals surface area contributed by atoms with Crippen molar-refractivity contribution in [3.05, 3.63) is 58.1 Å². The monoisotopic (exact) mass is 354 g/mol. The van der Waals surface area contributed by atoms with Gasteiger partial charge in [-0.05, 0) is 35.7 Å². The molecule has 0 fully saturated rings. The van der Waals surface area contributed by atoms with Crippen molar-refractivity contribution in [1.29, 1.82) is 0 Å². The molecule has 0 aliphatic rings. The minimum absolute atomic E-state index is 0.00899. The highest BCUT2D eigenvalue weighted by molar-refractivity contribution is 9.09. The fraction of sp³-hybridized carbons (Fsp3) is 0.250. The van der Waals surface area contributed by atoms with E-state index in [1.165, 1.54) is 0 Å². The van der Waals surface area contributed by atoms with Crippen molar-refractivity contribution >= 4 is 27.5 Å². The van der Waals surface area contributed by atoms with Gasteiger partial charge in [-0.3, -0.25) is 0 Å². The van der Waals surface area contributed by atoms with Crippen molar-refractivity contribution in [1.82, 2.24) is 0 Å². The van der Waals surface area contributed by atoms with Crippen LogP contribution in [0, 0.1) is 6.92 Å². The van der Waals surface area contributed by atoms with Crippen LogP contribution in [0.3, 0.4) is 0 Å². The van der Waals surface area contributed by atoms with Gasteiger partial charge in [0.15, 0.2) is 11.5 Å². The molecule has 0 bridgehead atoms. The van der Waals surface area contributed by atoms with Crippen molar-refractivity contribution < 1.29 is 9.47 Å². The van der Waals surface area contributed by atoms with Gasteiger partial charge in [0.05, 0.1) is 19.0 Å². The third-order valence-electron chi connectivity index (χ3n) is 3.19. The quantitative estimate of drug-likeness (QED) is 0.706. The molecule has 0 N–H and O–H groups in total. The Morgan fingerprint density at radius 3 is 2.40 bits per heavy atom. The fourth-order valence-corrected chi connectivity index (χ4v) is 3.09. The molecule has 0 amide bonds. The first-order valence-electron chi connectivity index (χ1n) is 6.19. The molecule has 2 rings (SSSR count). The number of hydrogen-bond donors (Lipinski definition) is 0. The van der Waals surface area contributed by atoms with Gasteiger partial charge in [0.25, 0.3) is 0 Å². The standard InChI is InChI=1S/C16H16BrClO2/c1-10-5-4-6-12(16(10)18)15(17)11-7-8-13(19-2)14(9-11)20-3/h4-9,15H,1-3H3. The van der Waals surface area contributed by atoms with E-state index in [1.807, 2.05) is 43.3 Å². The van der Waals surface area contributed by atoms with Crippen LogP contribution in [0.25, 0.3) is 0 Å². The summed E-state index contributed by atoms with van der Waals surface area (Å²) in [6.45, 7) is 2.00. The predicted octanol–water partition coefficient (Wildman–Crippen LogP) is 5.15. The van der Waals surface area contributed by atoms with Gasteiger partial charge in [-0.25, -0.2) is 0 Å². The Morgan fingerprint density at radius 2 is 1.75 bits per heavy atom. The molecular formula is C16H16BrClO2. The topological polar surface area (TPSA) is 18.5 Å². The second kappa shape index (κ2) is 6.51. The van der Waals surface area contributed by atoms with Gasteiger partial charge < -0.3 is 9.47 Å². The molecule has 1 unspecified atom stereocenters. The second-order valence-corrected chi connectivity index (χ2v) is 5.75. The largest absolute Gasteiger partial charge is 0.493 e. The number of benzene rings is 2. The van der Waals surface area contributed by atoms with Crippen LogP contribution in [-0.2, 0) is 0 Å². The lowest BCUT2D eigenvalue weighted by molar-refractivity contribution is 0.354. The van der Waals surface area contributed by atoms with E-state index in [9.17, 15) is 0 Å². The molecule has 0 saturated heterocycles. The minimum Gasteiger partial charge on any atom is -0.493 e. The van der Waals surface area contributed by atoms with Gasteiger partial charge in [-0.1, -0.05) is 51.8 Å². The Hall–Kier alpha value is -1.19. The van der Waals surface area contributed by atoms with Crippen LogP contribution < -0.4 is 9.47 Å². The van der Waals surface area contributed by atoms with Crippen molar-refractivity contribution in [2.45, 2.75) is 11.8 Å². The van der Waals surface area contributed by atoms with E-state index < -0.39 is 0 Å². The van der Waals surface area contributed by atoms with Crippen LogP contribution in [-0.4, -0.2) is 14.2 Å². The fourth-order valence-electron chi connectivity index (χ4n) is 2.06. The SMILES string of the molecule is COc1ccc(C(Br)c2cccc(C)c2Cl)cc1OC. The van der Waals surface area contributed by atoms with Crippen molar-refractivity contribution in [3.63, 3.8) is 0 Å². The first-order chi connectivity index (χ1) is 9.58. The van der Waals surface area contributed by atoms with E-state index in [0.29, 0.717) is 11.5 Å². The van der Waals surface area contributed by atoms with Gasteiger partial charge in [0.2, 0.25) is 0 Å². The Morgan fingerprint density at radius 1 is 1.05 bits per heavy atom. The number of aryl methyl sites for hydroxylation is 1. The highest BCUT2D eigenvalue weighted by atomic mass is 79.9. The highest BCUT2D eigenvalue weighted by Gasteiger charge is 2.16. The lowest BCUT2D eigenvalue weighted by Crippen LogP contribution is -1.97. The normalized spacial score (nSPS) is 12.1. The Bertz CT molecular complexity index is 613. The first kappa shape index (κ1) is 15.2. The maximum Gasteiger partial charge on any atom is 0.161 e. The van der Waals surface area contributed by atoms with E-state index in [4.69, 9.17) is 21.1 Å². The molecule has 0 radical (unpaired) electrons. The molecule has 2 nitrogen and oxygen atoms in total. The van der Waals surface area contributed by atoms with Crippen molar-refractivity contribution in [3.8, 4) is 11.5 Å². The predicted molar refractivity (Wildman–Crippen MR) is 86.5 cm³/mol. The van der Waals surface area contributed by atoms with Gasteiger partial charge in [-0.2, -0.15) is 0 Å². The van der Waals surface area contributed by atoms with E-state index in [-0.39, 0.29) is 4.83 Å². The summed E-state index contributed by atoms with van der Waals surface area (Å²) < 4.78 is 10.6. The molecule has 0 aliphatic heterocycles. The number of hydrogen-bond acceptors (Lipinski definition) is 2. The molecule has 106 valence electrons. The van der Waals surface area contributed by atoms with Gasteiger partial charge in [0.1, 0.15) is 0 Å². The van der Waals surface area contributed by atoms with E-state index >= 15 is 0 Å². The van der Waals surface area contributed by atoms with E-state index in [1.54, 1.807) is 14.2 Å². The van der Waals surface area contributed by atoms with Crippen LogP contribution in [0.15, 0.2) is 36.4 Å². The van der Waals surface area contributed by atoms with Crippen LogP contribution in [0.2, 0.25) is 5.02 Å². The smallest absolute Gasteiger partial charge is 0.161 e. The zero-order valence-electron chi connectivity index (χ0n) is 11.6. The summed E-state index contributed by atoms with van der Waals surface area (Å²) in [6, 6.07) is 11.9. The zero-order chi connectivity index (χ0) is 14.7. The average Bonchev–Trinajstić information content (AvgIpc) is 2.48. The number of ether oxygens (including phenoxy) is 2. The molecule has 0 heterocycles. The van der Waals surface area contributed by atoms with Crippen LogP contribution in [0.5, 0.6) is 11.5 Å². The number of halogens is 2. The van der Waals surface area contributed by atoms with Crippen molar-refractivity contribution in [2.75, 3.05) is 14.2 Å². The molecule has 0 spiro atoms. The number of alkyl halides is 1. The third-order valence-corrected chi connectivity index (χ3v) is 4.73. The molecule has 0 aliphatic carbocycles. The first-order valence-corrected chi connectivity index (χ1v) is 7.48. The van der Waals surface area contributed by atoms with Gasteiger partial charge >= 0.3 is 0 Å². The maximum absolute atomic E-state index is 6.38. The van der Waals surface area contributed by atoms with Crippen LogP contribution in [0.1, 0.15) is 21.5 Å². The van der Waals surface area contributed by atoms with Gasteiger partial charge in [0, 0.05) is 5.02 Å². The minimum atomic E-state index is 0.00899. The molecular weight excluding hydrogens is 340 g/mol. The Balaban J connectivity index is 2.43. The molecule has 1 atom stereocenters.